The molecule has 1 aromatic heterocycles. The molecule has 1 aromatic carbocycles. The number of nitrogens with zero attached hydrogens (tertiary/aromatic N) is 2. The van der Waals surface area contributed by atoms with Gasteiger partial charge < -0.3 is 5.32 Å². The molecule has 0 spiro atoms. The Kier molecular flexibility index (Phi) is 4.06. The fraction of sp³-hybridized carbons (Fsp3) is 0.154. The zero-order valence-electron chi connectivity index (χ0n) is 10.2. The summed E-state index contributed by atoms with van der Waals surface area (Å²) in [6.07, 6.45) is 0.575. The molecule has 0 atom stereocenters. The molecule has 0 bridgehead atoms. The van der Waals surface area contributed by atoms with Gasteiger partial charge in [-0.05, 0) is 13.0 Å². The maximum atomic E-state index is 13.5. The Labute approximate surface area is 114 Å². The summed E-state index contributed by atoms with van der Waals surface area (Å²) < 4.78 is 13.5. The first-order valence-corrected chi connectivity index (χ1v) is 5.96. The molecule has 0 saturated carbocycles. The molecule has 19 heavy (non-hydrogen) atoms. The Hall–Kier alpha value is -2.01. The first-order chi connectivity index (χ1) is 9.11. The number of hydrogen-bond donors (Lipinski definition) is 1. The third kappa shape index (κ3) is 3.06. The number of carbonyl (C=O) groups is 1. The number of aromatic nitrogens is 2. The van der Waals surface area contributed by atoms with Gasteiger partial charge in [0, 0.05) is 12.1 Å². The molecular weight excluding hydrogens is 269 g/mol. The van der Waals surface area contributed by atoms with Crippen molar-refractivity contribution in [3.05, 3.63) is 52.2 Å². The van der Waals surface area contributed by atoms with E-state index in [2.05, 4.69) is 15.3 Å². The molecule has 0 saturated heterocycles. The van der Waals surface area contributed by atoms with Gasteiger partial charge in [-0.2, -0.15) is 0 Å². The lowest BCUT2D eigenvalue weighted by Crippen LogP contribution is -2.08. The molecule has 0 aliphatic heterocycles. The number of rotatable bonds is 4. The van der Waals surface area contributed by atoms with E-state index >= 15 is 0 Å². The highest BCUT2D eigenvalue weighted by Gasteiger charge is 2.11. The molecule has 0 radical (unpaired) electrons. The molecule has 0 fully saturated rings. The summed E-state index contributed by atoms with van der Waals surface area (Å²) in [6.45, 7) is 1.87. The van der Waals surface area contributed by atoms with Crippen LogP contribution in [0.1, 0.15) is 21.7 Å². The van der Waals surface area contributed by atoms with Crippen LogP contribution in [0.3, 0.4) is 0 Å². The van der Waals surface area contributed by atoms with Crippen LogP contribution < -0.4 is 5.32 Å². The first kappa shape index (κ1) is 13.4. The van der Waals surface area contributed by atoms with Crippen LogP contribution in [0, 0.1) is 12.7 Å². The number of carbonyl (C=O) groups excluding carboxylic acids is 1. The highest BCUT2D eigenvalue weighted by atomic mass is 35.5. The van der Waals surface area contributed by atoms with Gasteiger partial charge in [0.05, 0.1) is 5.56 Å². The van der Waals surface area contributed by atoms with E-state index in [1.165, 1.54) is 6.07 Å². The van der Waals surface area contributed by atoms with Crippen LogP contribution in [0.5, 0.6) is 0 Å². The van der Waals surface area contributed by atoms with Crippen LogP contribution in [0.25, 0.3) is 0 Å². The minimum atomic E-state index is -0.320. The van der Waals surface area contributed by atoms with Crippen LogP contribution in [0.2, 0.25) is 5.15 Å². The normalized spacial score (nSPS) is 10.3. The smallest absolute Gasteiger partial charge is 0.156 e. The Morgan fingerprint density at radius 3 is 2.79 bits per heavy atom. The largest absolute Gasteiger partial charge is 0.365 e. The second kappa shape index (κ2) is 5.75. The van der Waals surface area contributed by atoms with Crippen molar-refractivity contribution in [3.8, 4) is 0 Å². The van der Waals surface area contributed by atoms with E-state index < -0.39 is 0 Å². The second-order valence-corrected chi connectivity index (χ2v) is 4.24. The molecular formula is C13H11ClFN3O. The number of benzene rings is 1. The lowest BCUT2D eigenvalue weighted by molar-refractivity contribution is 0.112. The zero-order valence-corrected chi connectivity index (χ0v) is 10.9. The number of nitrogens with one attached hydrogen (secondary N) is 1. The molecule has 1 heterocycles. The topological polar surface area (TPSA) is 54.9 Å². The van der Waals surface area contributed by atoms with Crippen molar-refractivity contribution >= 4 is 23.7 Å². The van der Waals surface area contributed by atoms with E-state index in [0.29, 0.717) is 23.5 Å². The Morgan fingerprint density at radius 1 is 1.37 bits per heavy atom. The van der Waals surface area contributed by atoms with Gasteiger partial charge in [0.2, 0.25) is 0 Å². The van der Waals surface area contributed by atoms with Gasteiger partial charge in [0.25, 0.3) is 0 Å². The summed E-state index contributed by atoms with van der Waals surface area (Å²) in [4.78, 5) is 18.9. The molecule has 2 rings (SSSR count). The van der Waals surface area contributed by atoms with Gasteiger partial charge in [-0.25, -0.2) is 14.4 Å². The van der Waals surface area contributed by atoms with Gasteiger partial charge in [-0.3, -0.25) is 4.79 Å². The summed E-state index contributed by atoms with van der Waals surface area (Å²) in [5.41, 5.74) is 0.648. The maximum Gasteiger partial charge on any atom is 0.156 e. The van der Waals surface area contributed by atoms with E-state index in [1.807, 2.05) is 0 Å². The first-order valence-electron chi connectivity index (χ1n) is 5.58. The minimum absolute atomic E-state index is 0.0820. The Bertz CT molecular complexity index is 619. The Morgan fingerprint density at radius 2 is 2.11 bits per heavy atom. The van der Waals surface area contributed by atoms with Gasteiger partial charge in [0.15, 0.2) is 6.29 Å². The number of halogens is 2. The quantitative estimate of drug-likeness (QED) is 0.690. The van der Waals surface area contributed by atoms with Crippen molar-refractivity contribution in [2.75, 3.05) is 5.32 Å². The predicted molar refractivity (Wildman–Crippen MR) is 70.9 cm³/mol. The fourth-order valence-electron chi connectivity index (χ4n) is 1.61. The second-order valence-electron chi connectivity index (χ2n) is 3.89. The van der Waals surface area contributed by atoms with E-state index in [0.717, 1.165) is 0 Å². The van der Waals surface area contributed by atoms with Crippen LogP contribution in [-0.4, -0.2) is 16.3 Å². The van der Waals surface area contributed by atoms with Gasteiger partial charge in [-0.15, -0.1) is 0 Å². The highest BCUT2D eigenvalue weighted by Crippen LogP contribution is 2.20. The number of hydrogen-bond acceptors (Lipinski definition) is 4. The Balaban J connectivity index is 2.25. The number of anilines is 1. The molecule has 2 aromatic rings. The van der Waals surface area contributed by atoms with Crippen molar-refractivity contribution < 1.29 is 9.18 Å². The lowest BCUT2D eigenvalue weighted by Gasteiger charge is -2.10. The molecule has 4 nitrogen and oxygen atoms in total. The third-order valence-corrected chi connectivity index (χ3v) is 2.82. The molecule has 0 unspecified atom stereocenters. The molecule has 1 N–H and O–H groups in total. The van der Waals surface area contributed by atoms with Crippen molar-refractivity contribution in [1.29, 1.82) is 0 Å². The average Bonchev–Trinajstić information content (AvgIpc) is 2.37. The molecule has 0 amide bonds. The summed E-state index contributed by atoms with van der Waals surface area (Å²) in [6, 6.07) is 6.37. The third-order valence-electron chi connectivity index (χ3n) is 2.53. The van der Waals surface area contributed by atoms with Crippen LogP contribution in [0.4, 0.5) is 10.2 Å². The average molecular weight is 280 g/mol. The summed E-state index contributed by atoms with van der Waals surface area (Å²) in [5.74, 6) is 0.418. The molecule has 98 valence electrons. The van der Waals surface area contributed by atoms with E-state index in [4.69, 9.17) is 11.6 Å². The highest BCUT2D eigenvalue weighted by molar-refractivity contribution is 6.32. The summed E-state index contributed by atoms with van der Waals surface area (Å²) in [5, 5.41) is 2.98. The standard InChI is InChI=1S/C13H11ClFN3O/c1-8-17-12(14)10(7-19)13(18-8)16-6-9-4-2-3-5-11(9)15/h2-5,7H,6H2,1H3,(H,16,17,18). The van der Waals surface area contributed by atoms with Crippen LogP contribution in [0.15, 0.2) is 24.3 Å². The van der Waals surface area contributed by atoms with Crippen molar-refractivity contribution in [1.82, 2.24) is 9.97 Å². The lowest BCUT2D eigenvalue weighted by atomic mass is 10.2. The van der Waals surface area contributed by atoms with E-state index in [9.17, 15) is 9.18 Å². The summed E-state index contributed by atoms with van der Waals surface area (Å²) >= 11 is 5.85. The molecule has 6 heteroatoms. The van der Waals surface area contributed by atoms with E-state index in [1.54, 1.807) is 25.1 Å². The van der Waals surface area contributed by atoms with Crippen LogP contribution in [-0.2, 0) is 6.54 Å². The van der Waals surface area contributed by atoms with Crippen molar-refractivity contribution in [2.24, 2.45) is 0 Å². The van der Waals surface area contributed by atoms with Gasteiger partial charge in [0.1, 0.15) is 22.6 Å². The predicted octanol–water partition coefficient (Wildman–Crippen LogP) is 3.00. The summed E-state index contributed by atoms with van der Waals surface area (Å²) in [7, 11) is 0. The SMILES string of the molecule is Cc1nc(Cl)c(C=O)c(NCc2ccccc2F)n1. The monoisotopic (exact) mass is 279 g/mol. The van der Waals surface area contributed by atoms with E-state index in [-0.39, 0.29) is 23.1 Å². The van der Waals surface area contributed by atoms with Crippen molar-refractivity contribution in [2.45, 2.75) is 13.5 Å². The minimum Gasteiger partial charge on any atom is -0.365 e. The molecule has 0 aliphatic carbocycles. The van der Waals surface area contributed by atoms with Gasteiger partial charge >= 0.3 is 0 Å². The number of aldehydes is 1. The van der Waals surface area contributed by atoms with Crippen molar-refractivity contribution in [3.63, 3.8) is 0 Å². The van der Waals surface area contributed by atoms with Gasteiger partial charge in [-0.1, -0.05) is 29.8 Å². The zero-order chi connectivity index (χ0) is 13.8. The molecule has 0 aliphatic rings. The van der Waals surface area contributed by atoms with Crippen LogP contribution >= 0.6 is 11.6 Å². The number of aryl methyl sites for hydroxylation is 1. The fourth-order valence-corrected chi connectivity index (χ4v) is 1.86. The maximum absolute atomic E-state index is 13.5.